The Morgan fingerprint density at radius 1 is 1.31 bits per heavy atom. The molecule has 3 nitrogen and oxygen atoms in total. The summed E-state index contributed by atoms with van der Waals surface area (Å²) in [6.07, 6.45) is 0. The second kappa shape index (κ2) is 2.69. The minimum Gasteiger partial charge on any atom is -0.421 e. The highest BCUT2D eigenvalue weighted by Gasteiger charge is 2.01. The molecule has 2 heterocycles. The van der Waals surface area contributed by atoms with Crippen LogP contribution in [0.25, 0.3) is 11.1 Å². The third kappa shape index (κ3) is 1.33. The summed E-state index contributed by atoms with van der Waals surface area (Å²) < 4.78 is 5.03. The van der Waals surface area contributed by atoms with E-state index in [1.54, 1.807) is 19.1 Å². The number of aryl methyl sites for hydroxylation is 2. The van der Waals surface area contributed by atoms with E-state index in [-0.39, 0.29) is 5.63 Å². The smallest absolute Gasteiger partial charge is 0.339 e. The van der Waals surface area contributed by atoms with Gasteiger partial charge in [0.2, 0.25) is 0 Å². The first-order valence-electron chi connectivity index (χ1n) is 4.05. The fraction of sp³-hybridized carbons (Fsp3) is 0.200. The fourth-order valence-electron chi connectivity index (χ4n) is 1.20. The molecule has 0 aromatic carbocycles. The number of pyridine rings is 1. The highest BCUT2D eigenvalue weighted by molar-refractivity contribution is 5.72. The number of rotatable bonds is 0. The molecule has 0 aliphatic rings. The van der Waals surface area contributed by atoms with E-state index in [0.717, 1.165) is 11.2 Å². The van der Waals surface area contributed by atoms with Crippen molar-refractivity contribution in [2.24, 2.45) is 0 Å². The lowest BCUT2D eigenvalue weighted by atomic mass is 10.2. The van der Waals surface area contributed by atoms with E-state index in [2.05, 4.69) is 4.98 Å². The van der Waals surface area contributed by atoms with E-state index >= 15 is 0 Å². The van der Waals surface area contributed by atoms with E-state index in [4.69, 9.17) is 4.42 Å². The zero-order valence-electron chi connectivity index (χ0n) is 7.50. The fourth-order valence-corrected chi connectivity index (χ4v) is 1.20. The molecule has 0 fully saturated rings. The summed E-state index contributed by atoms with van der Waals surface area (Å²) in [7, 11) is 0. The Balaban J connectivity index is 2.89. The van der Waals surface area contributed by atoms with Crippen LogP contribution in [0.3, 0.4) is 0 Å². The van der Waals surface area contributed by atoms with E-state index in [9.17, 15) is 4.79 Å². The minimum atomic E-state index is -0.293. The Morgan fingerprint density at radius 2 is 2.08 bits per heavy atom. The lowest BCUT2D eigenvalue weighted by Gasteiger charge is -1.97. The molecule has 0 N–H and O–H groups in total. The molecule has 3 heteroatoms. The van der Waals surface area contributed by atoms with Crippen molar-refractivity contribution in [2.75, 3.05) is 0 Å². The van der Waals surface area contributed by atoms with Crippen molar-refractivity contribution >= 4 is 11.1 Å². The molecular weight excluding hydrogens is 166 g/mol. The maximum atomic E-state index is 11.1. The number of hydrogen-bond donors (Lipinski definition) is 0. The first-order chi connectivity index (χ1) is 6.16. The molecule has 0 bridgehead atoms. The van der Waals surface area contributed by atoms with Crippen LogP contribution in [0.5, 0.6) is 0 Å². The standard InChI is InChI=1S/C10H9NO2/c1-6-5-8-9(13-10(6)12)4-3-7(2)11-8/h3-5H,1-2H3. The quantitative estimate of drug-likeness (QED) is 0.613. The second-order valence-electron chi connectivity index (χ2n) is 3.05. The van der Waals surface area contributed by atoms with E-state index in [0.29, 0.717) is 11.1 Å². The van der Waals surface area contributed by atoms with Crippen LogP contribution in [0.15, 0.2) is 27.4 Å². The van der Waals surface area contributed by atoms with Gasteiger partial charge >= 0.3 is 5.63 Å². The summed E-state index contributed by atoms with van der Waals surface area (Å²) >= 11 is 0. The van der Waals surface area contributed by atoms with Crippen LogP contribution < -0.4 is 5.63 Å². The number of fused-ring (bicyclic) bond motifs is 1. The molecular formula is C10H9NO2. The number of aromatic nitrogens is 1. The first-order valence-corrected chi connectivity index (χ1v) is 4.05. The average Bonchev–Trinajstić information content (AvgIpc) is 2.08. The van der Waals surface area contributed by atoms with Gasteiger partial charge in [-0.25, -0.2) is 9.78 Å². The van der Waals surface area contributed by atoms with E-state index in [1.165, 1.54) is 0 Å². The minimum absolute atomic E-state index is 0.293. The summed E-state index contributed by atoms with van der Waals surface area (Å²) in [5.41, 5.74) is 2.49. The van der Waals surface area contributed by atoms with Gasteiger partial charge in [-0.15, -0.1) is 0 Å². The molecule has 0 amide bonds. The van der Waals surface area contributed by atoms with E-state index in [1.807, 2.05) is 13.0 Å². The van der Waals surface area contributed by atoms with Crippen molar-refractivity contribution in [1.82, 2.24) is 4.98 Å². The van der Waals surface area contributed by atoms with Crippen molar-refractivity contribution < 1.29 is 4.42 Å². The van der Waals surface area contributed by atoms with Crippen LogP contribution in [0.2, 0.25) is 0 Å². The SMILES string of the molecule is Cc1ccc2oc(=O)c(C)cc2n1. The maximum Gasteiger partial charge on any atom is 0.339 e. The van der Waals surface area contributed by atoms with Crippen molar-refractivity contribution in [3.05, 3.63) is 39.9 Å². The molecule has 2 aromatic rings. The molecule has 0 radical (unpaired) electrons. The van der Waals surface area contributed by atoms with Crippen LogP contribution in [-0.4, -0.2) is 4.98 Å². The van der Waals surface area contributed by atoms with Gasteiger partial charge < -0.3 is 4.42 Å². The lowest BCUT2D eigenvalue weighted by molar-refractivity contribution is 0.554. The van der Waals surface area contributed by atoms with Gasteiger partial charge in [-0.3, -0.25) is 0 Å². The normalized spacial score (nSPS) is 10.6. The highest BCUT2D eigenvalue weighted by atomic mass is 16.4. The zero-order valence-corrected chi connectivity index (χ0v) is 7.50. The van der Waals surface area contributed by atoms with Crippen molar-refractivity contribution in [2.45, 2.75) is 13.8 Å². The second-order valence-corrected chi connectivity index (χ2v) is 3.05. The monoisotopic (exact) mass is 175 g/mol. The Hall–Kier alpha value is -1.64. The molecule has 2 rings (SSSR count). The Kier molecular flexibility index (Phi) is 1.65. The lowest BCUT2D eigenvalue weighted by Crippen LogP contribution is -2.02. The third-order valence-corrected chi connectivity index (χ3v) is 1.90. The first kappa shape index (κ1) is 7.98. The average molecular weight is 175 g/mol. The van der Waals surface area contributed by atoms with Crippen LogP contribution in [-0.2, 0) is 0 Å². The molecule has 0 unspecified atom stereocenters. The Bertz CT molecular complexity index is 514. The van der Waals surface area contributed by atoms with Crippen molar-refractivity contribution in [3.8, 4) is 0 Å². The summed E-state index contributed by atoms with van der Waals surface area (Å²) in [6.45, 7) is 3.62. The summed E-state index contributed by atoms with van der Waals surface area (Å²) in [4.78, 5) is 15.4. The van der Waals surface area contributed by atoms with Gasteiger partial charge in [0.1, 0.15) is 5.52 Å². The molecule has 2 aromatic heterocycles. The molecule has 0 saturated heterocycles. The van der Waals surface area contributed by atoms with Gasteiger partial charge in [-0.2, -0.15) is 0 Å². The number of nitrogens with zero attached hydrogens (tertiary/aromatic N) is 1. The van der Waals surface area contributed by atoms with Crippen LogP contribution in [0.1, 0.15) is 11.3 Å². The van der Waals surface area contributed by atoms with Gasteiger partial charge in [-0.1, -0.05) is 0 Å². The predicted molar refractivity (Wildman–Crippen MR) is 49.8 cm³/mol. The summed E-state index contributed by atoms with van der Waals surface area (Å²) in [5.74, 6) is 0. The molecule has 0 atom stereocenters. The third-order valence-electron chi connectivity index (χ3n) is 1.90. The van der Waals surface area contributed by atoms with Gasteiger partial charge in [-0.05, 0) is 32.0 Å². The number of hydrogen-bond acceptors (Lipinski definition) is 3. The topological polar surface area (TPSA) is 43.1 Å². The van der Waals surface area contributed by atoms with Gasteiger partial charge in [0.15, 0.2) is 5.58 Å². The van der Waals surface area contributed by atoms with Crippen LogP contribution >= 0.6 is 0 Å². The largest absolute Gasteiger partial charge is 0.421 e. The Morgan fingerprint density at radius 3 is 2.85 bits per heavy atom. The molecule has 13 heavy (non-hydrogen) atoms. The molecule has 0 spiro atoms. The molecule has 0 saturated carbocycles. The van der Waals surface area contributed by atoms with Gasteiger partial charge in [0.25, 0.3) is 0 Å². The van der Waals surface area contributed by atoms with Crippen molar-refractivity contribution in [1.29, 1.82) is 0 Å². The zero-order chi connectivity index (χ0) is 9.42. The van der Waals surface area contributed by atoms with Crippen LogP contribution in [0.4, 0.5) is 0 Å². The predicted octanol–water partition coefficient (Wildman–Crippen LogP) is 1.80. The maximum absolute atomic E-state index is 11.1. The molecule has 0 aliphatic heterocycles. The van der Waals surface area contributed by atoms with Gasteiger partial charge in [0.05, 0.1) is 0 Å². The molecule has 66 valence electrons. The van der Waals surface area contributed by atoms with Gasteiger partial charge in [0, 0.05) is 11.3 Å². The van der Waals surface area contributed by atoms with Crippen LogP contribution in [0, 0.1) is 13.8 Å². The summed E-state index contributed by atoms with van der Waals surface area (Å²) in [5, 5.41) is 0. The highest BCUT2D eigenvalue weighted by Crippen LogP contribution is 2.10. The van der Waals surface area contributed by atoms with E-state index < -0.39 is 0 Å². The summed E-state index contributed by atoms with van der Waals surface area (Å²) in [6, 6.07) is 5.33. The molecule has 0 aliphatic carbocycles. The Labute approximate surface area is 75.0 Å². The van der Waals surface area contributed by atoms with Crippen molar-refractivity contribution in [3.63, 3.8) is 0 Å².